The number of aryl methyl sites for hydroxylation is 1. The molecule has 0 N–H and O–H groups in total. The van der Waals surface area contributed by atoms with Crippen LogP contribution in [0.25, 0.3) is 0 Å². The summed E-state index contributed by atoms with van der Waals surface area (Å²) in [6.07, 6.45) is 1.58. The van der Waals surface area contributed by atoms with E-state index < -0.39 is 11.6 Å². The zero-order valence-electron chi connectivity index (χ0n) is 11.4. The van der Waals surface area contributed by atoms with Crippen molar-refractivity contribution in [3.8, 4) is 6.07 Å². The molecule has 0 saturated heterocycles. The van der Waals surface area contributed by atoms with Crippen LogP contribution < -0.4 is 4.90 Å². The van der Waals surface area contributed by atoms with Crippen LogP contribution in [0.4, 0.5) is 14.5 Å². The molecule has 2 aromatic rings. The monoisotopic (exact) mass is 284 g/mol. The Morgan fingerprint density at radius 2 is 1.90 bits per heavy atom. The maximum atomic E-state index is 14.1. The van der Waals surface area contributed by atoms with Crippen LogP contribution in [-0.2, 0) is 13.0 Å². The van der Waals surface area contributed by atoms with Crippen molar-refractivity contribution in [3.05, 3.63) is 64.7 Å². The lowest BCUT2D eigenvalue weighted by atomic mass is 10.00. The van der Waals surface area contributed by atoms with Crippen molar-refractivity contribution < 1.29 is 8.78 Å². The van der Waals surface area contributed by atoms with E-state index >= 15 is 0 Å². The number of hydrogen-bond donors (Lipinski definition) is 0. The summed E-state index contributed by atoms with van der Waals surface area (Å²) in [6, 6.07) is 11.7. The molecule has 1 aliphatic rings. The van der Waals surface area contributed by atoms with E-state index in [2.05, 4.69) is 6.07 Å². The largest absolute Gasteiger partial charge is 0.365 e. The van der Waals surface area contributed by atoms with Crippen molar-refractivity contribution in [2.75, 3.05) is 11.4 Å². The van der Waals surface area contributed by atoms with E-state index in [1.54, 1.807) is 12.1 Å². The zero-order chi connectivity index (χ0) is 14.8. The summed E-state index contributed by atoms with van der Waals surface area (Å²) in [5.74, 6) is -1.02. The van der Waals surface area contributed by atoms with Gasteiger partial charge in [0.1, 0.15) is 11.6 Å². The first-order chi connectivity index (χ1) is 10.2. The normalized spacial score (nSPS) is 13.7. The lowest BCUT2D eigenvalue weighted by Gasteiger charge is -2.31. The molecule has 2 aromatic carbocycles. The zero-order valence-corrected chi connectivity index (χ0v) is 11.4. The van der Waals surface area contributed by atoms with E-state index in [1.165, 1.54) is 6.07 Å². The van der Waals surface area contributed by atoms with Crippen molar-refractivity contribution in [2.45, 2.75) is 19.4 Å². The molecule has 0 atom stereocenters. The molecular weight excluding hydrogens is 270 g/mol. The summed E-state index contributed by atoms with van der Waals surface area (Å²) in [7, 11) is 0. The predicted molar refractivity (Wildman–Crippen MR) is 76.9 cm³/mol. The molecule has 106 valence electrons. The maximum absolute atomic E-state index is 14.1. The molecule has 0 radical (unpaired) electrons. The van der Waals surface area contributed by atoms with E-state index in [4.69, 9.17) is 5.26 Å². The van der Waals surface area contributed by atoms with Crippen LogP contribution in [0.1, 0.15) is 23.1 Å². The highest BCUT2D eigenvalue weighted by molar-refractivity contribution is 5.57. The standard InChI is InChI=1S/C17H14F2N2/c18-15-8-14-2-1-7-21(17(14)16(19)9-15)11-13-5-3-12(10-20)4-6-13/h3-6,8-9H,1-2,7,11H2. The van der Waals surface area contributed by atoms with Crippen LogP contribution in [0.3, 0.4) is 0 Å². The van der Waals surface area contributed by atoms with Crippen molar-refractivity contribution in [1.29, 1.82) is 5.26 Å². The van der Waals surface area contributed by atoms with Crippen LogP contribution >= 0.6 is 0 Å². The second kappa shape index (κ2) is 5.53. The SMILES string of the molecule is N#Cc1ccc(CN2CCCc3cc(F)cc(F)c32)cc1. The number of benzene rings is 2. The number of fused-ring (bicyclic) bond motifs is 1. The maximum Gasteiger partial charge on any atom is 0.149 e. The van der Waals surface area contributed by atoms with Gasteiger partial charge in [-0.15, -0.1) is 0 Å². The van der Waals surface area contributed by atoms with E-state index in [0.717, 1.165) is 30.2 Å². The van der Waals surface area contributed by atoms with Gasteiger partial charge in [-0.1, -0.05) is 12.1 Å². The molecule has 2 nitrogen and oxygen atoms in total. The Morgan fingerprint density at radius 1 is 1.14 bits per heavy atom. The second-order valence-corrected chi connectivity index (χ2v) is 5.23. The first-order valence-electron chi connectivity index (χ1n) is 6.89. The van der Waals surface area contributed by atoms with Crippen molar-refractivity contribution in [1.82, 2.24) is 0 Å². The Labute approximate surface area is 122 Å². The Hall–Kier alpha value is -2.41. The molecule has 0 aromatic heterocycles. The van der Waals surface area contributed by atoms with Gasteiger partial charge in [0.2, 0.25) is 0 Å². The third kappa shape index (κ3) is 2.73. The minimum absolute atomic E-state index is 0.502. The van der Waals surface area contributed by atoms with E-state index in [1.807, 2.05) is 17.0 Å². The summed E-state index contributed by atoms with van der Waals surface area (Å²) in [5.41, 5.74) is 2.84. The van der Waals surface area contributed by atoms with E-state index in [9.17, 15) is 8.78 Å². The van der Waals surface area contributed by atoms with Gasteiger partial charge in [-0.25, -0.2) is 8.78 Å². The minimum Gasteiger partial charge on any atom is -0.365 e. The summed E-state index contributed by atoms with van der Waals surface area (Å²) in [5, 5.41) is 8.80. The minimum atomic E-state index is -0.522. The highest BCUT2D eigenvalue weighted by Gasteiger charge is 2.21. The first kappa shape index (κ1) is 13.6. The molecule has 0 amide bonds. The molecule has 0 spiro atoms. The predicted octanol–water partition coefficient (Wildman–Crippen LogP) is 3.79. The molecule has 0 unspecified atom stereocenters. The second-order valence-electron chi connectivity index (χ2n) is 5.23. The first-order valence-corrected chi connectivity index (χ1v) is 6.89. The van der Waals surface area contributed by atoms with Gasteiger partial charge in [0.05, 0.1) is 17.3 Å². The molecule has 1 heterocycles. The Balaban J connectivity index is 1.90. The molecule has 0 fully saturated rings. The number of nitrogens with zero attached hydrogens (tertiary/aromatic N) is 2. The number of nitriles is 1. The number of halogens is 2. The topological polar surface area (TPSA) is 27.0 Å². The van der Waals surface area contributed by atoms with Crippen LogP contribution in [0.2, 0.25) is 0 Å². The molecule has 0 aliphatic carbocycles. The lowest BCUT2D eigenvalue weighted by molar-refractivity contribution is 0.562. The number of hydrogen-bond acceptors (Lipinski definition) is 2. The summed E-state index contributed by atoms with van der Waals surface area (Å²) < 4.78 is 27.4. The molecule has 0 bridgehead atoms. The smallest absolute Gasteiger partial charge is 0.149 e. The molecule has 1 aliphatic heterocycles. The molecule has 3 rings (SSSR count). The Kier molecular flexibility index (Phi) is 3.57. The third-order valence-electron chi connectivity index (χ3n) is 3.75. The van der Waals surface area contributed by atoms with Crippen molar-refractivity contribution in [2.24, 2.45) is 0 Å². The van der Waals surface area contributed by atoms with Crippen LogP contribution in [-0.4, -0.2) is 6.54 Å². The molecule has 21 heavy (non-hydrogen) atoms. The van der Waals surface area contributed by atoms with Gasteiger partial charge in [-0.05, 0) is 42.2 Å². The summed E-state index contributed by atoms with van der Waals surface area (Å²) in [6.45, 7) is 1.30. The van der Waals surface area contributed by atoms with Gasteiger partial charge in [0.15, 0.2) is 0 Å². The molecular formula is C17H14F2N2. The van der Waals surface area contributed by atoms with E-state index in [-0.39, 0.29) is 0 Å². The highest BCUT2D eigenvalue weighted by atomic mass is 19.1. The van der Waals surface area contributed by atoms with Crippen molar-refractivity contribution >= 4 is 5.69 Å². The summed E-state index contributed by atoms with van der Waals surface area (Å²) in [4.78, 5) is 1.94. The van der Waals surface area contributed by atoms with Gasteiger partial charge < -0.3 is 4.90 Å². The van der Waals surface area contributed by atoms with Crippen molar-refractivity contribution in [3.63, 3.8) is 0 Å². The fourth-order valence-corrected chi connectivity index (χ4v) is 2.80. The van der Waals surface area contributed by atoms with Crippen LogP contribution in [0.15, 0.2) is 36.4 Å². The quantitative estimate of drug-likeness (QED) is 0.839. The third-order valence-corrected chi connectivity index (χ3v) is 3.75. The number of anilines is 1. The van der Waals surface area contributed by atoms with Crippen LogP contribution in [0, 0.1) is 23.0 Å². The summed E-state index contributed by atoms with van der Waals surface area (Å²) >= 11 is 0. The molecule has 4 heteroatoms. The highest BCUT2D eigenvalue weighted by Crippen LogP contribution is 2.32. The average molecular weight is 284 g/mol. The van der Waals surface area contributed by atoms with Gasteiger partial charge in [0.25, 0.3) is 0 Å². The van der Waals surface area contributed by atoms with Gasteiger partial charge in [-0.2, -0.15) is 5.26 Å². The fraction of sp³-hybridized carbons (Fsp3) is 0.235. The average Bonchev–Trinajstić information content (AvgIpc) is 2.47. The lowest BCUT2D eigenvalue weighted by Crippen LogP contribution is -2.30. The van der Waals surface area contributed by atoms with Gasteiger partial charge in [0, 0.05) is 19.2 Å². The van der Waals surface area contributed by atoms with Gasteiger partial charge in [-0.3, -0.25) is 0 Å². The van der Waals surface area contributed by atoms with E-state index in [0.29, 0.717) is 24.2 Å². The molecule has 0 saturated carbocycles. The number of rotatable bonds is 2. The van der Waals surface area contributed by atoms with Gasteiger partial charge >= 0.3 is 0 Å². The fourth-order valence-electron chi connectivity index (χ4n) is 2.80. The Morgan fingerprint density at radius 3 is 2.62 bits per heavy atom. The van der Waals surface area contributed by atoms with Crippen LogP contribution in [0.5, 0.6) is 0 Å². The Bertz CT molecular complexity index is 702.